The first-order chi connectivity index (χ1) is 11.6. The van der Waals surface area contributed by atoms with Crippen molar-refractivity contribution in [2.45, 2.75) is 33.2 Å². The van der Waals surface area contributed by atoms with E-state index in [0.717, 1.165) is 18.7 Å². The Balaban J connectivity index is 1.87. The van der Waals surface area contributed by atoms with Gasteiger partial charge in [0.05, 0.1) is 13.2 Å². The lowest BCUT2D eigenvalue weighted by Gasteiger charge is -2.25. The highest BCUT2D eigenvalue weighted by Gasteiger charge is 2.26. The molecule has 3 aromatic rings. The van der Waals surface area contributed by atoms with Crippen LogP contribution in [0.15, 0.2) is 30.3 Å². The molecule has 1 atom stereocenters. The molecule has 0 saturated heterocycles. The molecule has 0 amide bonds. The van der Waals surface area contributed by atoms with Crippen LogP contribution in [0, 0.1) is 20.8 Å². The lowest BCUT2D eigenvalue weighted by atomic mass is 9.93. The molecule has 0 radical (unpaired) electrons. The quantitative estimate of drug-likeness (QED) is 0.737. The van der Waals surface area contributed by atoms with Gasteiger partial charge in [-0.3, -0.25) is 0 Å². The Kier molecular flexibility index (Phi) is 3.61. The number of hydrogen-bond donors (Lipinski definition) is 2. The Labute approximate surface area is 143 Å². The maximum atomic E-state index is 5.41. The number of rotatable bonds is 2. The van der Waals surface area contributed by atoms with Crippen molar-refractivity contribution in [2.24, 2.45) is 0 Å². The van der Waals surface area contributed by atoms with Gasteiger partial charge in [0.15, 0.2) is 0 Å². The highest BCUT2D eigenvalue weighted by atomic mass is 16.5. The Morgan fingerprint density at radius 3 is 2.62 bits per heavy atom. The highest BCUT2D eigenvalue weighted by molar-refractivity contribution is 5.88. The third-order valence-electron chi connectivity index (χ3n) is 5.15. The standard InChI is InChI=1S/C21H24N2O/c1-12-9-14(3)19-17(10-12)16-7-8-22-20(21(16)23-19)15-5-6-18(24-4)13(2)11-15/h5-6,9-11,20,22-23H,7-8H2,1-4H3. The van der Waals surface area contributed by atoms with E-state index in [0.29, 0.717) is 0 Å². The number of methoxy groups -OCH3 is 1. The SMILES string of the molecule is COc1ccc(C2NCCc3c2[nH]c2c(C)cc(C)cc32)cc1C. The van der Waals surface area contributed by atoms with Crippen LogP contribution in [0.1, 0.15) is 39.6 Å². The summed E-state index contributed by atoms with van der Waals surface area (Å²) in [5.41, 5.74) is 9.18. The Morgan fingerprint density at radius 2 is 1.88 bits per heavy atom. The summed E-state index contributed by atoms with van der Waals surface area (Å²) < 4.78 is 5.41. The first-order valence-electron chi connectivity index (χ1n) is 8.58. The third-order valence-corrected chi connectivity index (χ3v) is 5.15. The van der Waals surface area contributed by atoms with E-state index < -0.39 is 0 Å². The van der Waals surface area contributed by atoms with Gasteiger partial charge in [-0.05, 0) is 61.6 Å². The lowest BCUT2D eigenvalue weighted by molar-refractivity contribution is 0.411. The van der Waals surface area contributed by atoms with Crippen molar-refractivity contribution in [3.05, 3.63) is 63.8 Å². The van der Waals surface area contributed by atoms with Gasteiger partial charge in [-0.2, -0.15) is 0 Å². The van der Waals surface area contributed by atoms with E-state index >= 15 is 0 Å². The highest BCUT2D eigenvalue weighted by Crippen LogP contribution is 2.36. The first-order valence-corrected chi connectivity index (χ1v) is 8.58. The fraction of sp³-hybridized carbons (Fsp3) is 0.333. The maximum absolute atomic E-state index is 5.41. The second-order valence-corrected chi connectivity index (χ2v) is 6.89. The topological polar surface area (TPSA) is 37.0 Å². The second-order valence-electron chi connectivity index (χ2n) is 6.89. The first kappa shape index (κ1) is 15.3. The van der Waals surface area contributed by atoms with Crippen LogP contribution in [0.3, 0.4) is 0 Å². The van der Waals surface area contributed by atoms with E-state index in [9.17, 15) is 0 Å². The number of hydrogen-bond acceptors (Lipinski definition) is 2. The van der Waals surface area contributed by atoms with Crippen molar-refractivity contribution >= 4 is 10.9 Å². The molecule has 124 valence electrons. The van der Waals surface area contributed by atoms with Crippen LogP contribution in [-0.2, 0) is 6.42 Å². The zero-order valence-corrected chi connectivity index (χ0v) is 14.8. The molecule has 0 fully saturated rings. The zero-order valence-electron chi connectivity index (χ0n) is 14.8. The molecule has 2 heterocycles. The zero-order chi connectivity index (χ0) is 16.8. The number of nitrogens with one attached hydrogen (secondary N) is 2. The molecule has 2 N–H and O–H groups in total. The summed E-state index contributed by atoms with van der Waals surface area (Å²) in [6.07, 6.45) is 1.07. The number of benzene rings is 2. The summed E-state index contributed by atoms with van der Waals surface area (Å²) >= 11 is 0. The molecule has 1 unspecified atom stereocenters. The van der Waals surface area contributed by atoms with Gasteiger partial charge in [0, 0.05) is 23.1 Å². The van der Waals surface area contributed by atoms with Crippen molar-refractivity contribution < 1.29 is 4.74 Å². The number of aromatic nitrogens is 1. The molecule has 3 nitrogen and oxygen atoms in total. The van der Waals surface area contributed by atoms with Gasteiger partial charge in [-0.25, -0.2) is 0 Å². The minimum Gasteiger partial charge on any atom is -0.496 e. The second kappa shape index (κ2) is 5.67. The molecule has 3 heteroatoms. The number of ether oxygens (including phenoxy) is 1. The molecule has 0 saturated carbocycles. The molecule has 0 aliphatic carbocycles. The molecule has 4 rings (SSSR count). The third kappa shape index (κ3) is 2.31. The maximum Gasteiger partial charge on any atom is 0.121 e. The minimum atomic E-state index is 0.213. The molecular formula is C21H24N2O. The summed E-state index contributed by atoms with van der Waals surface area (Å²) in [5, 5.41) is 5.07. The van der Waals surface area contributed by atoms with Gasteiger partial charge in [0.2, 0.25) is 0 Å². The molecule has 1 aliphatic rings. The van der Waals surface area contributed by atoms with Gasteiger partial charge >= 0.3 is 0 Å². The van der Waals surface area contributed by atoms with Crippen LogP contribution >= 0.6 is 0 Å². The monoisotopic (exact) mass is 320 g/mol. The smallest absolute Gasteiger partial charge is 0.121 e. The average molecular weight is 320 g/mol. The number of fused-ring (bicyclic) bond motifs is 3. The molecular weight excluding hydrogens is 296 g/mol. The van der Waals surface area contributed by atoms with Crippen LogP contribution in [-0.4, -0.2) is 18.6 Å². The van der Waals surface area contributed by atoms with E-state index in [1.807, 2.05) is 0 Å². The Bertz CT molecular complexity index is 923. The summed E-state index contributed by atoms with van der Waals surface area (Å²) in [7, 11) is 1.72. The van der Waals surface area contributed by atoms with Crippen molar-refractivity contribution in [3.63, 3.8) is 0 Å². The van der Waals surface area contributed by atoms with Crippen molar-refractivity contribution in [3.8, 4) is 5.75 Å². The van der Waals surface area contributed by atoms with Crippen molar-refractivity contribution in [1.29, 1.82) is 0 Å². The average Bonchev–Trinajstić information content (AvgIpc) is 2.94. The number of H-pyrrole nitrogens is 1. The fourth-order valence-electron chi connectivity index (χ4n) is 4.05. The van der Waals surface area contributed by atoms with E-state index in [1.54, 1.807) is 7.11 Å². The van der Waals surface area contributed by atoms with Crippen LogP contribution < -0.4 is 10.1 Å². The molecule has 2 aromatic carbocycles. The van der Waals surface area contributed by atoms with Crippen LogP contribution in [0.5, 0.6) is 5.75 Å². The molecule has 1 aliphatic heterocycles. The largest absolute Gasteiger partial charge is 0.496 e. The minimum absolute atomic E-state index is 0.213. The Morgan fingerprint density at radius 1 is 1.04 bits per heavy atom. The van der Waals surface area contributed by atoms with Crippen LogP contribution in [0.4, 0.5) is 0 Å². The van der Waals surface area contributed by atoms with Crippen molar-refractivity contribution in [2.75, 3.05) is 13.7 Å². The summed E-state index contributed by atoms with van der Waals surface area (Å²) in [6, 6.07) is 11.3. The lowest BCUT2D eigenvalue weighted by Crippen LogP contribution is -2.30. The molecule has 0 bridgehead atoms. The van der Waals surface area contributed by atoms with Crippen molar-refractivity contribution in [1.82, 2.24) is 10.3 Å². The summed E-state index contributed by atoms with van der Waals surface area (Å²) in [6.45, 7) is 7.47. The fourth-order valence-corrected chi connectivity index (χ4v) is 4.05. The van der Waals surface area contributed by atoms with Crippen LogP contribution in [0.25, 0.3) is 10.9 Å². The van der Waals surface area contributed by atoms with Gasteiger partial charge in [-0.15, -0.1) is 0 Å². The van der Waals surface area contributed by atoms with E-state index in [1.165, 1.54) is 44.4 Å². The summed E-state index contributed by atoms with van der Waals surface area (Å²) in [4.78, 5) is 3.71. The number of aromatic amines is 1. The molecule has 1 aromatic heterocycles. The van der Waals surface area contributed by atoms with Gasteiger partial charge < -0.3 is 15.0 Å². The molecule has 0 spiro atoms. The van der Waals surface area contributed by atoms with E-state index in [2.05, 4.69) is 61.4 Å². The van der Waals surface area contributed by atoms with E-state index in [4.69, 9.17) is 4.74 Å². The number of aryl methyl sites for hydroxylation is 3. The Hall–Kier alpha value is -2.26. The predicted octanol–water partition coefficient (Wildman–Crippen LogP) is 4.34. The van der Waals surface area contributed by atoms with E-state index in [-0.39, 0.29) is 6.04 Å². The van der Waals surface area contributed by atoms with Gasteiger partial charge in [0.25, 0.3) is 0 Å². The van der Waals surface area contributed by atoms with Crippen LogP contribution in [0.2, 0.25) is 0 Å². The molecule has 24 heavy (non-hydrogen) atoms. The predicted molar refractivity (Wildman–Crippen MR) is 99.1 cm³/mol. The summed E-state index contributed by atoms with van der Waals surface area (Å²) in [5.74, 6) is 0.942. The van der Waals surface area contributed by atoms with Gasteiger partial charge in [-0.1, -0.05) is 23.8 Å². The van der Waals surface area contributed by atoms with Gasteiger partial charge in [0.1, 0.15) is 5.75 Å². The normalized spacial score (nSPS) is 17.1.